The van der Waals surface area contributed by atoms with Crippen LogP contribution in [0, 0.1) is 0 Å². The van der Waals surface area contributed by atoms with E-state index in [1.165, 1.54) is 49.8 Å². The first-order valence-corrected chi connectivity index (χ1v) is 12.2. The van der Waals surface area contributed by atoms with Crippen molar-refractivity contribution >= 4 is 22.8 Å². The van der Waals surface area contributed by atoms with Crippen LogP contribution in [0.4, 0.5) is 0 Å². The van der Waals surface area contributed by atoms with Crippen LogP contribution in [-0.2, 0) is 20.5 Å². The van der Waals surface area contributed by atoms with Crippen LogP contribution in [-0.4, -0.2) is 30.9 Å². The second kappa shape index (κ2) is 14.6. The van der Waals surface area contributed by atoms with Crippen molar-refractivity contribution in [2.45, 2.75) is 76.0 Å². The molecule has 0 aliphatic rings. The summed E-state index contributed by atoms with van der Waals surface area (Å²) >= 11 is 0. The van der Waals surface area contributed by atoms with E-state index in [2.05, 4.69) is 24.8 Å². The maximum Gasteiger partial charge on any atom is 0.330 e. The lowest BCUT2D eigenvalue weighted by Crippen LogP contribution is -2.31. The lowest BCUT2D eigenvalue weighted by Gasteiger charge is -2.07. The summed E-state index contributed by atoms with van der Waals surface area (Å²) in [5.74, 6) is 0.00353. The number of amides is 1. The topological polar surface area (TPSA) is 55.4 Å². The van der Waals surface area contributed by atoms with Gasteiger partial charge in [0.2, 0.25) is 5.91 Å². The number of hydrogen-bond donors (Lipinski definition) is 1. The zero-order valence-corrected chi connectivity index (χ0v) is 18.0. The molecule has 0 atom stereocenters. The second-order valence-electron chi connectivity index (χ2n) is 7.12. The van der Waals surface area contributed by atoms with Crippen LogP contribution >= 0.6 is 0 Å². The van der Waals surface area contributed by atoms with Gasteiger partial charge in [0.05, 0.1) is 0 Å². The Balaban J connectivity index is 2.06. The van der Waals surface area contributed by atoms with Crippen LogP contribution < -0.4 is 10.1 Å². The number of rotatable bonds is 14. The Hall–Kier alpha value is -1.49. The van der Waals surface area contributed by atoms with Gasteiger partial charge >= 0.3 is 5.97 Å². The molecule has 27 heavy (non-hydrogen) atoms. The fourth-order valence-corrected chi connectivity index (χ4v) is 3.48. The van der Waals surface area contributed by atoms with Gasteiger partial charge < -0.3 is 10.1 Å². The summed E-state index contributed by atoms with van der Waals surface area (Å²) in [4.78, 5) is 24.9. The van der Waals surface area contributed by atoms with Gasteiger partial charge in [0.15, 0.2) is 4.90 Å². The molecule has 0 aromatic heterocycles. The minimum atomic E-state index is -0.435. The van der Waals surface area contributed by atoms with E-state index in [4.69, 9.17) is 4.74 Å². The summed E-state index contributed by atoms with van der Waals surface area (Å²) in [6.07, 6.45) is 15.8. The average molecular weight is 395 g/mol. The molecule has 0 radical (unpaired) electrons. The van der Waals surface area contributed by atoms with Crippen LogP contribution in [0.1, 0.15) is 71.1 Å². The van der Waals surface area contributed by atoms with Crippen LogP contribution in [0.25, 0.3) is 0 Å². The van der Waals surface area contributed by atoms with E-state index in [9.17, 15) is 9.59 Å². The first-order valence-electron chi connectivity index (χ1n) is 10.2. The largest absolute Gasteiger partial charge is 0.425 e. The molecule has 0 unspecified atom stereocenters. The fourth-order valence-electron chi connectivity index (χ4n) is 2.80. The van der Waals surface area contributed by atoms with Crippen molar-refractivity contribution in [3.05, 3.63) is 24.3 Å². The van der Waals surface area contributed by atoms with Gasteiger partial charge in [-0.05, 0) is 30.7 Å². The second-order valence-corrected chi connectivity index (χ2v) is 9.22. The number of carbonyl (C=O) groups is 2. The molecular formula is C22H36NO3S+. The fraction of sp³-hybridized carbons (Fsp3) is 0.636. The van der Waals surface area contributed by atoms with Crippen LogP contribution in [0.3, 0.4) is 0 Å². The van der Waals surface area contributed by atoms with Gasteiger partial charge in [-0.15, -0.1) is 0 Å². The SMILES string of the molecule is CCCCCCCCCCCC(=O)NCC(=O)Oc1ccc([S+](C)C)cc1. The zero-order valence-electron chi connectivity index (χ0n) is 17.2. The Morgan fingerprint density at radius 3 is 2.00 bits per heavy atom. The normalized spacial score (nSPS) is 10.8. The standard InChI is InChI=1S/C22H35NO3S/c1-4-5-6-7-8-9-10-11-12-13-21(24)23-18-22(25)26-19-14-16-20(17-15-19)27(2)3/h14-17H,4-13,18H2,1-3H3/p+1. The van der Waals surface area contributed by atoms with Gasteiger partial charge in [0.25, 0.3) is 0 Å². The summed E-state index contributed by atoms with van der Waals surface area (Å²) in [7, 11) is 0.185. The van der Waals surface area contributed by atoms with Gasteiger partial charge in [-0.3, -0.25) is 4.79 Å². The maximum absolute atomic E-state index is 11.8. The molecular weight excluding hydrogens is 358 g/mol. The number of esters is 1. The van der Waals surface area contributed by atoms with E-state index >= 15 is 0 Å². The highest BCUT2D eigenvalue weighted by Gasteiger charge is 2.10. The smallest absolute Gasteiger partial charge is 0.330 e. The summed E-state index contributed by atoms with van der Waals surface area (Å²) < 4.78 is 5.25. The highest BCUT2D eigenvalue weighted by atomic mass is 32.2. The molecule has 0 aliphatic heterocycles. The molecule has 0 bridgehead atoms. The van der Waals surface area contributed by atoms with Crippen molar-refractivity contribution < 1.29 is 14.3 Å². The average Bonchev–Trinajstić information content (AvgIpc) is 2.65. The van der Waals surface area contributed by atoms with Crippen LogP contribution in [0.5, 0.6) is 5.75 Å². The monoisotopic (exact) mass is 394 g/mol. The Bertz CT molecular complexity index is 543. The quantitative estimate of drug-likeness (QED) is 0.212. The van der Waals surface area contributed by atoms with Gasteiger partial charge in [0, 0.05) is 17.3 Å². The molecule has 0 heterocycles. The van der Waals surface area contributed by atoms with Crippen molar-refractivity contribution in [3.8, 4) is 5.75 Å². The van der Waals surface area contributed by atoms with Crippen molar-refractivity contribution in [2.24, 2.45) is 0 Å². The minimum absolute atomic E-state index is 0.0775. The van der Waals surface area contributed by atoms with Gasteiger partial charge in [0.1, 0.15) is 24.8 Å². The van der Waals surface area contributed by atoms with E-state index < -0.39 is 5.97 Å². The molecule has 0 saturated heterocycles. The first kappa shape index (κ1) is 23.5. The molecule has 0 saturated carbocycles. The number of nitrogens with one attached hydrogen (secondary N) is 1. The highest BCUT2D eigenvalue weighted by molar-refractivity contribution is 7.95. The van der Waals surface area contributed by atoms with E-state index in [1.807, 2.05) is 12.1 Å². The van der Waals surface area contributed by atoms with E-state index in [0.29, 0.717) is 12.2 Å². The number of ether oxygens (including phenoxy) is 1. The van der Waals surface area contributed by atoms with E-state index in [-0.39, 0.29) is 23.3 Å². The van der Waals surface area contributed by atoms with E-state index in [1.54, 1.807) is 12.1 Å². The summed E-state index contributed by atoms with van der Waals surface area (Å²) in [6, 6.07) is 7.52. The minimum Gasteiger partial charge on any atom is -0.425 e. The highest BCUT2D eigenvalue weighted by Crippen LogP contribution is 2.16. The van der Waals surface area contributed by atoms with Crippen LogP contribution in [0.2, 0.25) is 0 Å². The number of benzene rings is 1. The number of unbranched alkanes of at least 4 members (excludes halogenated alkanes) is 8. The molecule has 1 aromatic carbocycles. The summed E-state index contributed by atoms with van der Waals surface area (Å²) in [6.45, 7) is 2.15. The Kier molecular flexibility index (Phi) is 12.7. The Labute approximate surface area is 167 Å². The first-order chi connectivity index (χ1) is 13.0. The summed E-state index contributed by atoms with van der Waals surface area (Å²) in [5, 5.41) is 2.65. The van der Waals surface area contributed by atoms with Gasteiger partial charge in [-0.1, -0.05) is 58.3 Å². The molecule has 1 N–H and O–H groups in total. The predicted octanol–water partition coefficient (Wildman–Crippen LogP) is 4.87. The molecule has 1 rings (SSSR count). The predicted molar refractivity (Wildman–Crippen MR) is 114 cm³/mol. The summed E-state index contributed by atoms with van der Waals surface area (Å²) in [5.41, 5.74) is 0. The van der Waals surface area contributed by atoms with Crippen molar-refractivity contribution in [3.63, 3.8) is 0 Å². The van der Waals surface area contributed by atoms with Gasteiger partial charge in [-0.25, -0.2) is 4.79 Å². The lowest BCUT2D eigenvalue weighted by molar-refractivity contribution is -0.135. The van der Waals surface area contributed by atoms with Crippen LogP contribution in [0.15, 0.2) is 29.2 Å². The molecule has 0 aliphatic carbocycles. The van der Waals surface area contributed by atoms with Crippen molar-refractivity contribution in [1.82, 2.24) is 5.32 Å². The Morgan fingerprint density at radius 2 is 1.44 bits per heavy atom. The third-order valence-corrected chi connectivity index (χ3v) is 5.68. The van der Waals surface area contributed by atoms with Crippen molar-refractivity contribution in [1.29, 1.82) is 0 Å². The molecule has 5 heteroatoms. The number of hydrogen-bond acceptors (Lipinski definition) is 3. The van der Waals surface area contributed by atoms with E-state index in [0.717, 1.165) is 12.8 Å². The van der Waals surface area contributed by atoms with Crippen molar-refractivity contribution in [2.75, 3.05) is 19.1 Å². The molecule has 4 nitrogen and oxygen atoms in total. The molecule has 0 spiro atoms. The molecule has 1 aromatic rings. The number of carbonyl (C=O) groups excluding carboxylic acids is 2. The third kappa shape index (κ3) is 11.8. The Morgan fingerprint density at radius 1 is 0.889 bits per heavy atom. The molecule has 1 amide bonds. The van der Waals surface area contributed by atoms with Gasteiger partial charge in [-0.2, -0.15) is 0 Å². The lowest BCUT2D eigenvalue weighted by atomic mass is 10.1. The zero-order chi connectivity index (χ0) is 19.9. The molecule has 0 fully saturated rings. The maximum atomic E-state index is 11.8. The third-order valence-electron chi connectivity index (χ3n) is 4.46. The molecule has 152 valence electrons.